The van der Waals surface area contributed by atoms with Crippen molar-refractivity contribution in [2.24, 2.45) is 0 Å². The molecule has 3 aliphatic heterocycles. The molecule has 9 nitrogen and oxygen atoms in total. The van der Waals surface area contributed by atoms with Gasteiger partial charge in [0.15, 0.2) is 17.9 Å². The van der Waals surface area contributed by atoms with Gasteiger partial charge in [0.25, 0.3) is 0 Å². The fourth-order valence-electron chi connectivity index (χ4n) is 4.42. The highest BCUT2D eigenvalue weighted by Crippen LogP contribution is 2.42. The zero-order valence-electron chi connectivity index (χ0n) is 17.1. The first-order valence-electron chi connectivity index (χ1n) is 10.2. The number of hydrogen-bond donors (Lipinski definition) is 0. The average molecular weight is 421 g/mol. The van der Waals surface area contributed by atoms with Crippen LogP contribution in [0.5, 0.6) is 0 Å². The van der Waals surface area contributed by atoms with Gasteiger partial charge in [-0.05, 0) is 26.8 Å². The molecule has 0 unspecified atom stereocenters. The Hall–Kier alpha value is -2.43. The summed E-state index contributed by atoms with van der Waals surface area (Å²) in [6.07, 6.45) is -1.37. The van der Waals surface area contributed by atoms with Gasteiger partial charge in [-0.1, -0.05) is 5.16 Å². The molecular weight excluding hydrogens is 397 g/mol. The summed E-state index contributed by atoms with van der Waals surface area (Å²) >= 11 is 0. The number of ether oxygens (including phenoxy) is 4. The molecule has 0 bridgehead atoms. The van der Waals surface area contributed by atoms with Gasteiger partial charge in [0.1, 0.15) is 6.61 Å². The molecule has 3 fully saturated rings. The van der Waals surface area contributed by atoms with Crippen LogP contribution in [0.25, 0.3) is 11.0 Å². The molecule has 0 N–H and O–H groups in total. The van der Waals surface area contributed by atoms with Gasteiger partial charge in [-0.25, -0.2) is 9.18 Å². The summed E-state index contributed by atoms with van der Waals surface area (Å²) in [4.78, 5) is 15.5. The van der Waals surface area contributed by atoms with Crippen LogP contribution in [0.3, 0.4) is 0 Å². The maximum absolute atomic E-state index is 15.9. The fraction of sp³-hybridized carbons (Fsp3) is 0.600. The van der Waals surface area contributed by atoms with Crippen LogP contribution < -0.4 is 9.80 Å². The zero-order valence-corrected chi connectivity index (χ0v) is 17.1. The lowest BCUT2D eigenvalue weighted by molar-refractivity contribution is -0.0445. The second kappa shape index (κ2) is 7.36. The second-order valence-electron chi connectivity index (χ2n) is 8.04. The molecule has 0 saturated carbocycles. The van der Waals surface area contributed by atoms with E-state index in [9.17, 15) is 4.79 Å². The number of rotatable bonds is 3. The van der Waals surface area contributed by atoms with Crippen molar-refractivity contribution in [3.8, 4) is 0 Å². The van der Waals surface area contributed by atoms with Crippen molar-refractivity contribution >= 4 is 28.6 Å². The van der Waals surface area contributed by atoms with Crippen LogP contribution >= 0.6 is 0 Å². The minimum atomic E-state index is -0.710. The summed E-state index contributed by atoms with van der Waals surface area (Å²) in [6, 6.07) is 1.51. The normalized spacial score (nSPS) is 28.0. The predicted octanol–water partition coefficient (Wildman–Crippen LogP) is 2.97. The molecule has 0 radical (unpaired) electrons. The molecular formula is C20H24FN3O6. The van der Waals surface area contributed by atoms with E-state index in [1.165, 1.54) is 4.90 Å². The molecule has 162 valence electrons. The van der Waals surface area contributed by atoms with Crippen molar-refractivity contribution in [3.63, 3.8) is 0 Å². The summed E-state index contributed by atoms with van der Waals surface area (Å²) in [5.74, 6) is -0.324. The topological polar surface area (TPSA) is 86.5 Å². The maximum Gasteiger partial charge on any atom is 0.416 e. The van der Waals surface area contributed by atoms with Gasteiger partial charge >= 0.3 is 6.09 Å². The third-order valence-corrected chi connectivity index (χ3v) is 5.61. The maximum atomic E-state index is 15.9. The predicted molar refractivity (Wildman–Crippen MR) is 104 cm³/mol. The van der Waals surface area contributed by atoms with Gasteiger partial charge in [0.05, 0.1) is 42.5 Å². The second-order valence-corrected chi connectivity index (χ2v) is 8.04. The van der Waals surface area contributed by atoms with Crippen molar-refractivity contribution in [3.05, 3.63) is 17.4 Å². The Labute approximate surface area is 172 Å². The molecule has 30 heavy (non-hydrogen) atoms. The smallest absolute Gasteiger partial charge is 0.416 e. The fourth-order valence-corrected chi connectivity index (χ4v) is 4.42. The third kappa shape index (κ3) is 3.10. The molecule has 1 aromatic heterocycles. The van der Waals surface area contributed by atoms with Gasteiger partial charge in [-0.2, -0.15) is 0 Å². The number of nitrogens with zero attached hydrogens (tertiary/aromatic N) is 3. The van der Waals surface area contributed by atoms with Crippen LogP contribution in [-0.2, 0) is 18.9 Å². The monoisotopic (exact) mass is 421 g/mol. The van der Waals surface area contributed by atoms with E-state index in [1.807, 2.05) is 25.7 Å². The Morgan fingerprint density at radius 1 is 1.13 bits per heavy atom. The minimum absolute atomic E-state index is 0.0135. The Morgan fingerprint density at radius 3 is 2.47 bits per heavy atom. The van der Waals surface area contributed by atoms with Crippen LogP contribution in [0.2, 0.25) is 0 Å². The highest BCUT2D eigenvalue weighted by atomic mass is 19.1. The molecule has 5 rings (SSSR count). The van der Waals surface area contributed by atoms with Crippen molar-refractivity contribution in [1.82, 2.24) is 5.16 Å². The van der Waals surface area contributed by atoms with E-state index in [0.29, 0.717) is 42.9 Å². The van der Waals surface area contributed by atoms with Gasteiger partial charge < -0.3 is 28.4 Å². The van der Waals surface area contributed by atoms with Gasteiger partial charge in [-0.15, -0.1) is 0 Å². The molecule has 2 aromatic rings. The lowest BCUT2D eigenvalue weighted by Gasteiger charge is -2.38. The quantitative estimate of drug-likeness (QED) is 0.748. The molecule has 0 aliphatic carbocycles. The number of halogens is 1. The summed E-state index contributed by atoms with van der Waals surface area (Å²) in [5.41, 5.74) is 0.889. The van der Waals surface area contributed by atoms with Crippen molar-refractivity contribution in [2.45, 2.75) is 45.3 Å². The number of fused-ring (bicyclic) bond motifs is 1. The van der Waals surface area contributed by atoms with E-state index < -0.39 is 18.2 Å². The molecule has 10 heteroatoms. The van der Waals surface area contributed by atoms with E-state index in [-0.39, 0.29) is 36.3 Å². The van der Waals surface area contributed by atoms with Crippen molar-refractivity contribution in [2.75, 3.05) is 42.7 Å². The van der Waals surface area contributed by atoms with E-state index in [2.05, 4.69) is 5.16 Å². The summed E-state index contributed by atoms with van der Waals surface area (Å²) < 4.78 is 43.5. The average Bonchev–Trinajstić information content (AvgIpc) is 3.42. The highest BCUT2D eigenvalue weighted by Gasteiger charge is 2.38. The molecule has 4 heterocycles. The largest absolute Gasteiger partial charge is 0.447 e. The Kier molecular flexibility index (Phi) is 4.79. The first kappa shape index (κ1) is 19.5. The van der Waals surface area contributed by atoms with Crippen LogP contribution in [0.4, 0.5) is 20.7 Å². The van der Waals surface area contributed by atoms with E-state index in [1.54, 1.807) is 6.07 Å². The van der Waals surface area contributed by atoms with Crippen LogP contribution in [0.1, 0.15) is 32.6 Å². The standard InChI is InChI=1S/C20H24FN3O6/c1-10-9-28-20(25)24(10)18-14-6-13(19-26-4-5-27-19)16(15(21)17(14)30-22-18)23-7-11(2)29-12(3)8-23/h6,10-12,19H,4-5,7-9H2,1-3H3/t10-,11-,12+/m0/s1. The zero-order chi connectivity index (χ0) is 21.0. The van der Waals surface area contributed by atoms with Crippen LogP contribution in [0, 0.1) is 5.82 Å². The number of hydrogen-bond acceptors (Lipinski definition) is 8. The third-order valence-electron chi connectivity index (χ3n) is 5.61. The number of benzene rings is 1. The van der Waals surface area contributed by atoms with Crippen molar-refractivity contribution in [1.29, 1.82) is 0 Å². The number of carbonyl (C=O) groups excluding carboxylic acids is 1. The number of anilines is 2. The minimum Gasteiger partial charge on any atom is -0.447 e. The Morgan fingerprint density at radius 2 is 1.83 bits per heavy atom. The molecule has 3 saturated heterocycles. The molecule has 0 spiro atoms. The summed E-state index contributed by atoms with van der Waals surface area (Å²) in [7, 11) is 0. The van der Waals surface area contributed by atoms with Gasteiger partial charge in [0, 0.05) is 18.7 Å². The van der Waals surface area contributed by atoms with Crippen LogP contribution in [-0.4, -0.2) is 62.4 Å². The Bertz CT molecular complexity index is 965. The molecule has 3 aliphatic rings. The molecule has 1 amide bonds. The first-order chi connectivity index (χ1) is 14.4. The highest BCUT2D eigenvalue weighted by molar-refractivity contribution is 6.01. The lowest BCUT2D eigenvalue weighted by atomic mass is 10.0. The van der Waals surface area contributed by atoms with Crippen molar-refractivity contribution < 1.29 is 32.7 Å². The summed E-state index contributed by atoms with van der Waals surface area (Å²) in [5, 5.41) is 4.39. The number of carbonyl (C=O) groups is 1. The molecule has 1 aromatic carbocycles. The molecule has 3 atom stereocenters. The Balaban J connectivity index is 1.67. The van der Waals surface area contributed by atoms with E-state index in [4.69, 9.17) is 23.5 Å². The summed E-state index contributed by atoms with van der Waals surface area (Å²) in [6.45, 7) is 7.85. The number of aromatic nitrogens is 1. The van der Waals surface area contributed by atoms with Gasteiger partial charge in [-0.3, -0.25) is 4.90 Å². The van der Waals surface area contributed by atoms with E-state index >= 15 is 4.39 Å². The van der Waals surface area contributed by atoms with Gasteiger partial charge in [0.2, 0.25) is 5.58 Å². The SMILES string of the molecule is C[C@@H]1CN(c2c(C3OCCO3)cc3c(N4C(=O)OC[C@@H]4C)noc3c2F)C[C@H](C)O1. The van der Waals surface area contributed by atoms with Crippen LogP contribution in [0.15, 0.2) is 10.6 Å². The number of amides is 1. The first-order valence-corrected chi connectivity index (χ1v) is 10.2. The number of cyclic esters (lactones) is 1. The van der Waals surface area contributed by atoms with E-state index in [0.717, 1.165) is 0 Å². The lowest BCUT2D eigenvalue weighted by Crippen LogP contribution is -2.46. The number of morpholine rings is 1.